The van der Waals surface area contributed by atoms with E-state index in [1.54, 1.807) is 4.90 Å². The molecular formula is C16H24ClN3O2. The van der Waals surface area contributed by atoms with E-state index in [2.05, 4.69) is 0 Å². The molecule has 1 aromatic carbocycles. The monoisotopic (exact) mass is 325 g/mol. The number of hydrogen-bond donors (Lipinski definition) is 2. The van der Waals surface area contributed by atoms with Crippen LogP contribution in [0.1, 0.15) is 37.8 Å². The number of amides is 2. The second-order valence-corrected chi connectivity index (χ2v) is 5.79. The highest BCUT2D eigenvalue weighted by Gasteiger charge is 2.33. The molecule has 2 amide bonds. The fraction of sp³-hybridized carbons (Fsp3) is 0.500. The summed E-state index contributed by atoms with van der Waals surface area (Å²) in [6.07, 6.45) is 2.34. The largest absolute Gasteiger partial charge is 0.368 e. The molecule has 1 aliphatic carbocycles. The Labute approximate surface area is 137 Å². The molecule has 0 aromatic heterocycles. The van der Waals surface area contributed by atoms with Gasteiger partial charge in [-0.1, -0.05) is 30.3 Å². The number of primary amides is 1. The fourth-order valence-electron chi connectivity index (χ4n) is 2.96. The van der Waals surface area contributed by atoms with Gasteiger partial charge in [0.2, 0.25) is 11.8 Å². The van der Waals surface area contributed by atoms with Crippen LogP contribution in [-0.2, 0) is 9.59 Å². The van der Waals surface area contributed by atoms with E-state index in [1.807, 2.05) is 37.3 Å². The maximum absolute atomic E-state index is 12.7. The van der Waals surface area contributed by atoms with Gasteiger partial charge >= 0.3 is 0 Å². The first-order chi connectivity index (χ1) is 9.99. The lowest BCUT2D eigenvalue weighted by atomic mass is 10.0. The summed E-state index contributed by atoms with van der Waals surface area (Å²) >= 11 is 0. The van der Waals surface area contributed by atoms with Gasteiger partial charge in [0.1, 0.15) is 0 Å². The van der Waals surface area contributed by atoms with Gasteiger partial charge in [0.15, 0.2) is 0 Å². The zero-order valence-electron chi connectivity index (χ0n) is 12.8. The molecule has 0 heterocycles. The number of benzene rings is 1. The number of nitrogens with two attached hydrogens (primary N) is 2. The molecule has 2 unspecified atom stereocenters. The molecule has 1 saturated carbocycles. The van der Waals surface area contributed by atoms with E-state index in [9.17, 15) is 9.59 Å². The van der Waals surface area contributed by atoms with E-state index < -0.39 is 5.91 Å². The highest BCUT2D eigenvalue weighted by Crippen LogP contribution is 2.29. The molecule has 0 saturated heterocycles. The van der Waals surface area contributed by atoms with Crippen molar-refractivity contribution in [2.45, 2.75) is 38.3 Å². The molecule has 1 aromatic rings. The lowest BCUT2D eigenvalue weighted by Gasteiger charge is -2.31. The fourth-order valence-corrected chi connectivity index (χ4v) is 2.96. The molecule has 0 radical (unpaired) electrons. The Kier molecular flexibility index (Phi) is 6.84. The van der Waals surface area contributed by atoms with Crippen LogP contribution in [0.5, 0.6) is 0 Å². The van der Waals surface area contributed by atoms with Crippen molar-refractivity contribution in [1.82, 2.24) is 4.90 Å². The molecule has 22 heavy (non-hydrogen) atoms. The van der Waals surface area contributed by atoms with Gasteiger partial charge in [0.25, 0.3) is 0 Å². The Morgan fingerprint density at radius 1 is 1.27 bits per heavy atom. The van der Waals surface area contributed by atoms with Crippen LogP contribution in [0.25, 0.3) is 0 Å². The third kappa shape index (κ3) is 4.45. The molecule has 1 fully saturated rings. The van der Waals surface area contributed by atoms with Crippen molar-refractivity contribution >= 4 is 24.2 Å². The predicted octanol–water partition coefficient (Wildman–Crippen LogP) is 1.61. The summed E-state index contributed by atoms with van der Waals surface area (Å²) in [6, 6.07) is 9.57. The van der Waals surface area contributed by atoms with Gasteiger partial charge in [0.05, 0.1) is 12.6 Å². The van der Waals surface area contributed by atoms with Crippen molar-refractivity contribution in [3.63, 3.8) is 0 Å². The molecule has 5 nitrogen and oxygen atoms in total. The van der Waals surface area contributed by atoms with Crippen molar-refractivity contribution in [3.05, 3.63) is 35.9 Å². The third-order valence-electron chi connectivity index (χ3n) is 4.18. The number of carbonyl (C=O) groups is 2. The van der Waals surface area contributed by atoms with Crippen LogP contribution in [-0.4, -0.2) is 29.3 Å². The molecule has 0 spiro atoms. The van der Waals surface area contributed by atoms with E-state index >= 15 is 0 Å². The first-order valence-electron chi connectivity index (χ1n) is 7.38. The zero-order chi connectivity index (χ0) is 15.4. The molecule has 1 aliphatic rings. The van der Waals surface area contributed by atoms with E-state index in [-0.39, 0.29) is 42.9 Å². The van der Waals surface area contributed by atoms with Crippen LogP contribution in [0.15, 0.2) is 30.3 Å². The summed E-state index contributed by atoms with van der Waals surface area (Å²) in [4.78, 5) is 25.6. The summed E-state index contributed by atoms with van der Waals surface area (Å²) < 4.78 is 0. The van der Waals surface area contributed by atoms with Gasteiger partial charge < -0.3 is 16.4 Å². The highest BCUT2D eigenvalue weighted by atomic mass is 35.5. The quantitative estimate of drug-likeness (QED) is 0.861. The minimum atomic E-state index is -0.492. The van der Waals surface area contributed by atoms with Crippen molar-refractivity contribution in [2.75, 3.05) is 6.54 Å². The maximum Gasteiger partial charge on any atom is 0.237 e. The highest BCUT2D eigenvalue weighted by molar-refractivity contribution is 5.86. The second kappa shape index (κ2) is 8.15. The molecule has 3 atom stereocenters. The Morgan fingerprint density at radius 3 is 2.41 bits per heavy atom. The summed E-state index contributed by atoms with van der Waals surface area (Å²) in [6.45, 7) is 1.87. The average Bonchev–Trinajstić information content (AvgIpc) is 2.90. The first kappa shape index (κ1) is 18.5. The van der Waals surface area contributed by atoms with E-state index in [0.717, 1.165) is 18.4 Å². The Hall–Kier alpha value is -1.59. The minimum absolute atomic E-state index is 0. The van der Waals surface area contributed by atoms with Gasteiger partial charge in [-0.05, 0) is 31.7 Å². The Bertz CT molecular complexity index is 509. The van der Waals surface area contributed by atoms with Crippen molar-refractivity contribution in [3.8, 4) is 0 Å². The smallest absolute Gasteiger partial charge is 0.237 e. The second-order valence-electron chi connectivity index (χ2n) is 5.79. The third-order valence-corrected chi connectivity index (χ3v) is 4.18. The van der Waals surface area contributed by atoms with Crippen LogP contribution in [0.2, 0.25) is 0 Å². The maximum atomic E-state index is 12.7. The van der Waals surface area contributed by atoms with Gasteiger partial charge in [-0.15, -0.1) is 12.4 Å². The molecule has 2 rings (SSSR count). The van der Waals surface area contributed by atoms with E-state index in [0.29, 0.717) is 6.42 Å². The Balaban J connectivity index is 0.00000242. The topological polar surface area (TPSA) is 89.4 Å². The van der Waals surface area contributed by atoms with E-state index in [1.165, 1.54) is 0 Å². The molecule has 0 bridgehead atoms. The Morgan fingerprint density at radius 2 is 1.91 bits per heavy atom. The molecule has 0 aliphatic heterocycles. The van der Waals surface area contributed by atoms with Crippen molar-refractivity contribution < 1.29 is 9.59 Å². The predicted molar refractivity (Wildman–Crippen MR) is 88.3 cm³/mol. The van der Waals surface area contributed by atoms with Gasteiger partial charge in [-0.25, -0.2) is 0 Å². The standard InChI is InChI=1S/C16H23N3O2.ClH/c1-11(12-5-3-2-4-6-12)19(10-15(18)20)16(21)13-7-8-14(17)9-13;/h2-6,11,13-14H,7-10,17H2,1H3,(H2,18,20);1H/t11-,13?,14?;/m1./s1. The number of nitrogens with zero attached hydrogens (tertiary/aromatic N) is 1. The lowest BCUT2D eigenvalue weighted by molar-refractivity contribution is -0.141. The first-order valence-corrected chi connectivity index (χ1v) is 7.38. The summed E-state index contributed by atoms with van der Waals surface area (Å²) in [5, 5.41) is 0. The van der Waals surface area contributed by atoms with E-state index in [4.69, 9.17) is 11.5 Å². The van der Waals surface area contributed by atoms with Crippen molar-refractivity contribution in [1.29, 1.82) is 0 Å². The van der Waals surface area contributed by atoms with Crippen LogP contribution in [0, 0.1) is 5.92 Å². The summed E-state index contributed by atoms with van der Waals surface area (Å²) in [5.41, 5.74) is 12.2. The summed E-state index contributed by atoms with van der Waals surface area (Å²) in [7, 11) is 0. The number of halogens is 1. The molecule has 122 valence electrons. The van der Waals surface area contributed by atoms with Crippen LogP contribution in [0.4, 0.5) is 0 Å². The number of hydrogen-bond acceptors (Lipinski definition) is 3. The minimum Gasteiger partial charge on any atom is -0.368 e. The normalized spacial score (nSPS) is 21.7. The average molecular weight is 326 g/mol. The molecular weight excluding hydrogens is 302 g/mol. The van der Waals surface area contributed by atoms with Gasteiger partial charge in [-0.3, -0.25) is 9.59 Å². The number of carbonyl (C=O) groups excluding carboxylic acids is 2. The molecule has 6 heteroatoms. The summed E-state index contributed by atoms with van der Waals surface area (Å²) in [5.74, 6) is -0.600. The number of rotatable bonds is 5. The van der Waals surface area contributed by atoms with Crippen LogP contribution < -0.4 is 11.5 Å². The zero-order valence-corrected chi connectivity index (χ0v) is 13.6. The van der Waals surface area contributed by atoms with Gasteiger partial charge in [-0.2, -0.15) is 0 Å². The van der Waals surface area contributed by atoms with Crippen LogP contribution in [0.3, 0.4) is 0 Å². The SMILES string of the molecule is C[C@H](c1ccccc1)N(CC(N)=O)C(=O)C1CCC(N)C1.Cl. The molecule has 4 N–H and O–H groups in total. The van der Waals surface area contributed by atoms with Crippen molar-refractivity contribution in [2.24, 2.45) is 17.4 Å². The van der Waals surface area contributed by atoms with Crippen LogP contribution >= 0.6 is 12.4 Å². The lowest BCUT2D eigenvalue weighted by Crippen LogP contribution is -2.43. The van der Waals surface area contributed by atoms with Gasteiger partial charge in [0, 0.05) is 12.0 Å².